The molecule has 0 radical (unpaired) electrons. The van der Waals surface area contributed by atoms with Gasteiger partial charge in [-0.05, 0) is 0 Å². The number of hydrogen-bond acceptors (Lipinski definition) is 4. The summed E-state index contributed by atoms with van der Waals surface area (Å²) < 4.78 is 35.6. The monoisotopic (exact) mass is 283 g/mol. The summed E-state index contributed by atoms with van der Waals surface area (Å²) in [6.45, 7) is 0.410. The van der Waals surface area contributed by atoms with Crippen LogP contribution in [0.15, 0.2) is 0 Å². The number of nitrogens with zero attached hydrogens (tertiary/aromatic N) is 2. The second kappa shape index (κ2) is 6.71. The minimum absolute atomic E-state index is 0.0614. The van der Waals surface area contributed by atoms with Gasteiger partial charge in [-0.25, -0.2) is 0 Å². The van der Waals surface area contributed by atoms with Crippen LogP contribution in [0, 0.1) is 0 Å². The van der Waals surface area contributed by atoms with Crippen LogP contribution in [0.2, 0.25) is 0 Å². The third-order valence-corrected chi connectivity index (χ3v) is 2.68. The molecule has 9 heteroatoms. The van der Waals surface area contributed by atoms with Crippen LogP contribution in [0.3, 0.4) is 0 Å². The first-order chi connectivity index (χ1) is 8.76. The Morgan fingerprint density at radius 1 is 1.05 bits per heavy atom. The van der Waals surface area contributed by atoms with Gasteiger partial charge in [0, 0.05) is 26.2 Å². The van der Waals surface area contributed by atoms with E-state index in [2.05, 4.69) is 0 Å². The van der Waals surface area contributed by atoms with Crippen LogP contribution in [-0.4, -0.2) is 78.8 Å². The Labute approximate surface area is 108 Å². The van der Waals surface area contributed by atoms with Crippen LogP contribution in [0.25, 0.3) is 0 Å². The Hall–Kier alpha value is -1.35. The van der Waals surface area contributed by atoms with Crippen molar-refractivity contribution in [3.05, 3.63) is 0 Å². The van der Waals surface area contributed by atoms with Crippen molar-refractivity contribution in [1.82, 2.24) is 15.1 Å². The zero-order valence-electron chi connectivity index (χ0n) is 10.2. The van der Waals surface area contributed by atoms with Gasteiger partial charge in [0.2, 0.25) is 5.91 Å². The Balaban J connectivity index is 2.21. The van der Waals surface area contributed by atoms with Crippen molar-refractivity contribution < 1.29 is 27.9 Å². The van der Waals surface area contributed by atoms with E-state index in [1.54, 1.807) is 15.1 Å². The molecule has 1 saturated heterocycles. The highest BCUT2D eigenvalue weighted by atomic mass is 19.4. The maximum atomic E-state index is 11.9. The average molecular weight is 283 g/mol. The van der Waals surface area contributed by atoms with Crippen LogP contribution in [0.5, 0.6) is 0 Å². The van der Waals surface area contributed by atoms with Crippen LogP contribution >= 0.6 is 0 Å². The molecule has 0 aromatic heterocycles. The number of alkyl halides is 3. The number of piperazine rings is 1. The molecule has 0 aromatic carbocycles. The number of carbonyl (C=O) groups is 2. The molecular formula is C10H16F3N3O3. The minimum Gasteiger partial charge on any atom is -0.480 e. The first-order valence-corrected chi connectivity index (χ1v) is 5.76. The van der Waals surface area contributed by atoms with Gasteiger partial charge in [0.25, 0.3) is 0 Å². The number of hydrogen-bond donors (Lipinski definition) is 2. The molecule has 1 aliphatic rings. The Morgan fingerprint density at radius 3 is 1.95 bits per heavy atom. The third kappa shape index (κ3) is 6.97. The summed E-state index contributed by atoms with van der Waals surface area (Å²) in [5.74, 6) is -1.60. The highest BCUT2D eigenvalue weighted by Gasteiger charge is 2.28. The van der Waals surface area contributed by atoms with Gasteiger partial charge in [0.1, 0.15) is 6.54 Å². The van der Waals surface area contributed by atoms with E-state index >= 15 is 0 Å². The number of carbonyl (C=O) groups excluding carboxylic acids is 1. The topological polar surface area (TPSA) is 72.9 Å². The van der Waals surface area contributed by atoms with E-state index in [0.29, 0.717) is 26.2 Å². The molecule has 0 aliphatic carbocycles. The minimum atomic E-state index is -4.41. The summed E-state index contributed by atoms with van der Waals surface area (Å²) >= 11 is 0. The molecule has 6 nitrogen and oxygen atoms in total. The van der Waals surface area contributed by atoms with Crippen molar-refractivity contribution in [3.8, 4) is 0 Å². The largest absolute Gasteiger partial charge is 0.480 e. The van der Waals surface area contributed by atoms with Crippen molar-refractivity contribution in [3.63, 3.8) is 0 Å². The quantitative estimate of drug-likeness (QED) is 0.702. The summed E-state index contributed by atoms with van der Waals surface area (Å²) in [5.41, 5.74) is 0. The molecule has 0 spiro atoms. The van der Waals surface area contributed by atoms with Gasteiger partial charge < -0.3 is 10.4 Å². The van der Waals surface area contributed by atoms with E-state index in [4.69, 9.17) is 5.11 Å². The van der Waals surface area contributed by atoms with Gasteiger partial charge in [0.15, 0.2) is 0 Å². The van der Waals surface area contributed by atoms with Crippen molar-refractivity contribution >= 4 is 11.9 Å². The van der Waals surface area contributed by atoms with E-state index < -0.39 is 24.6 Å². The predicted molar refractivity (Wildman–Crippen MR) is 59.6 cm³/mol. The van der Waals surface area contributed by atoms with Gasteiger partial charge in [-0.3, -0.25) is 19.4 Å². The number of carboxylic acids is 1. The Morgan fingerprint density at radius 2 is 1.53 bits per heavy atom. The SMILES string of the molecule is O=C(O)CN1CCN(CC(=O)NCC(F)(F)F)CC1. The molecule has 0 aromatic rings. The average Bonchev–Trinajstić information content (AvgIpc) is 2.28. The van der Waals surface area contributed by atoms with Crippen LogP contribution in [0.1, 0.15) is 0 Å². The van der Waals surface area contributed by atoms with Crippen LogP contribution in [-0.2, 0) is 9.59 Å². The summed E-state index contributed by atoms with van der Waals surface area (Å²) in [6.07, 6.45) is -4.41. The maximum Gasteiger partial charge on any atom is 0.405 e. The van der Waals surface area contributed by atoms with Gasteiger partial charge >= 0.3 is 12.1 Å². The third-order valence-electron chi connectivity index (χ3n) is 2.68. The number of nitrogens with one attached hydrogen (secondary N) is 1. The highest BCUT2D eigenvalue weighted by Crippen LogP contribution is 2.12. The van der Waals surface area contributed by atoms with Gasteiger partial charge in [0.05, 0.1) is 13.1 Å². The summed E-state index contributed by atoms with van der Waals surface area (Å²) in [6, 6.07) is 0. The lowest BCUT2D eigenvalue weighted by Gasteiger charge is -2.33. The number of carboxylic acid groups (broad SMARTS) is 1. The second-order valence-corrected chi connectivity index (χ2v) is 4.34. The number of halogens is 3. The highest BCUT2D eigenvalue weighted by molar-refractivity contribution is 5.78. The molecule has 0 saturated carbocycles. The van der Waals surface area contributed by atoms with Gasteiger partial charge in [-0.1, -0.05) is 0 Å². The molecule has 1 aliphatic heterocycles. The number of rotatable bonds is 5. The molecule has 0 unspecified atom stereocenters. The van der Waals surface area contributed by atoms with E-state index in [-0.39, 0.29) is 13.1 Å². The normalized spacial score (nSPS) is 18.3. The number of aliphatic carboxylic acids is 1. The lowest BCUT2D eigenvalue weighted by Crippen LogP contribution is -2.51. The van der Waals surface area contributed by atoms with Crippen LogP contribution < -0.4 is 5.32 Å². The standard InChI is InChI=1S/C10H16F3N3O3/c11-10(12,13)7-14-8(17)5-15-1-3-16(4-2-15)6-9(18)19/h1-7H2,(H,14,17)(H,18,19). The van der Waals surface area contributed by atoms with E-state index in [1.807, 2.05) is 0 Å². The zero-order chi connectivity index (χ0) is 14.5. The molecule has 19 heavy (non-hydrogen) atoms. The van der Waals surface area contributed by atoms with E-state index in [0.717, 1.165) is 0 Å². The van der Waals surface area contributed by atoms with E-state index in [9.17, 15) is 22.8 Å². The Bertz CT molecular complexity index is 328. The van der Waals surface area contributed by atoms with Crippen molar-refractivity contribution in [2.24, 2.45) is 0 Å². The van der Waals surface area contributed by atoms with Crippen molar-refractivity contribution in [2.45, 2.75) is 6.18 Å². The molecule has 1 heterocycles. The first-order valence-electron chi connectivity index (χ1n) is 5.76. The maximum absolute atomic E-state index is 11.9. The molecule has 1 fully saturated rings. The second-order valence-electron chi connectivity index (χ2n) is 4.34. The summed E-state index contributed by atoms with van der Waals surface area (Å²) in [5, 5.41) is 10.4. The predicted octanol–water partition coefficient (Wildman–Crippen LogP) is -0.633. The Kier molecular flexibility index (Phi) is 5.55. The fraction of sp³-hybridized carbons (Fsp3) is 0.800. The van der Waals surface area contributed by atoms with Crippen molar-refractivity contribution in [2.75, 3.05) is 45.8 Å². The smallest absolute Gasteiger partial charge is 0.405 e. The molecule has 110 valence electrons. The fourth-order valence-corrected chi connectivity index (χ4v) is 1.75. The first kappa shape index (κ1) is 15.7. The van der Waals surface area contributed by atoms with E-state index in [1.165, 1.54) is 0 Å². The van der Waals surface area contributed by atoms with Crippen molar-refractivity contribution in [1.29, 1.82) is 0 Å². The summed E-state index contributed by atoms with van der Waals surface area (Å²) in [7, 11) is 0. The van der Waals surface area contributed by atoms with Gasteiger partial charge in [-0.2, -0.15) is 13.2 Å². The van der Waals surface area contributed by atoms with Gasteiger partial charge in [-0.15, -0.1) is 0 Å². The molecule has 0 atom stereocenters. The lowest BCUT2D eigenvalue weighted by atomic mass is 10.3. The molecule has 0 bridgehead atoms. The molecular weight excluding hydrogens is 267 g/mol. The molecule has 1 rings (SSSR count). The fourth-order valence-electron chi connectivity index (χ4n) is 1.75. The zero-order valence-corrected chi connectivity index (χ0v) is 10.2. The molecule has 1 amide bonds. The lowest BCUT2D eigenvalue weighted by molar-refractivity contribution is -0.140. The number of amides is 1. The van der Waals surface area contributed by atoms with Crippen LogP contribution in [0.4, 0.5) is 13.2 Å². The summed E-state index contributed by atoms with van der Waals surface area (Å²) in [4.78, 5) is 25.2. The molecule has 2 N–H and O–H groups in total.